The van der Waals surface area contributed by atoms with Crippen LogP contribution in [0, 0.1) is 5.82 Å². The Morgan fingerprint density at radius 1 is 1.00 bits per heavy atom. The minimum absolute atomic E-state index is 0.0780. The number of benzene rings is 2. The number of Topliss-reactive ketones (excluding diaryl/α,β-unsaturated/α-hetero) is 1. The molecule has 2 aromatic carbocycles. The summed E-state index contributed by atoms with van der Waals surface area (Å²) in [6.07, 6.45) is 0. The summed E-state index contributed by atoms with van der Waals surface area (Å²) in [5, 5.41) is 0. The molecule has 2 aromatic rings. The Morgan fingerprint density at radius 2 is 1.71 bits per heavy atom. The molecule has 0 bridgehead atoms. The Bertz CT molecular complexity index is 766. The fraction of sp³-hybridized carbons (Fsp3) is 0.118. The van der Waals surface area contributed by atoms with Crippen LogP contribution in [-0.2, 0) is 4.79 Å². The molecule has 0 saturated carbocycles. The number of carbonyl (C=O) groups excluding carboxylic acids is 3. The number of hydrogen-bond donors (Lipinski definition) is 2. The number of hydrazine groups is 1. The van der Waals surface area contributed by atoms with Gasteiger partial charge in [0.2, 0.25) is 5.91 Å². The molecule has 124 valence electrons. The molecule has 0 aromatic heterocycles. The van der Waals surface area contributed by atoms with Crippen molar-refractivity contribution >= 4 is 29.4 Å². The number of amides is 2. The van der Waals surface area contributed by atoms with Crippen molar-refractivity contribution in [1.82, 2.24) is 10.9 Å². The first-order chi connectivity index (χ1) is 11.5. The zero-order valence-corrected chi connectivity index (χ0v) is 13.7. The van der Waals surface area contributed by atoms with Crippen molar-refractivity contribution in [2.75, 3.05) is 5.75 Å². The predicted octanol–water partition coefficient (Wildman–Crippen LogP) is 2.58. The molecule has 7 heteroatoms. The van der Waals surface area contributed by atoms with E-state index in [1.807, 2.05) is 0 Å². The average Bonchev–Trinajstić information content (AvgIpc) is 2.59. The number of halogens is 1. The molecule has 0 unspecified atom stereocenters. The Kier molecular flexibility index (Phi) is 6.08. The maximum Gasteiger partial charge on any atom is 0.269 e. The third-order valence-corrected chi connectivity index (χ3v) is 4.10. The largest absolute Gasteiger partial charge is 0.295 e. The second-order valence-electron chi connectivity index (χ2n) is 4.86. The van der Waals surface area contributed by atoms with Gasteiger partial charge in [-0.1, -0.05) is 24.3 Å². The van der Waals surface area contributed by atoms with Crippen LogP contribution in [-0.4, -0.2) is 23.4 Å². The quantitative estimate of drug-likeness (QED) is 0.496. The molecule has 0 atom stereocenters. The standard InChI is InChI=1S/C17H15FN2O3S/c1-11(21)13-7-8-15(14(18)9-13)24-10-16(22)19-20-17(23)12-5-3-2-4-6-12/h2-9H,10H2,1H3,(H,19,22)(H,20,23). The first-order valence-electron chi connectivity index (χ1n) is 7.05. The van der Waals surface area contributed by atoms with Gasteiger partial charge >= 0.3 is 0 Å². The van der Waals surface area contributed by atoms with Crippen LogP contribution < -0.4 is 10.9 Å². The lowest BCUT2D eigenvalue weighted by atomic mass is 10.1. The molecule has 5 nitrogen and oxygen atoms in total. The van der Waals surface area contributed by atoms with Crippen LogP contribution in [0.3, 0.4) is 0 Å². The molecule has 0 heterocycles. The first-order valence-corrected chi connectivity index (χ1v) is 8.03. The van der Waals surface area contributed by atoms with Crippen LogP contribution in [0.4, 0.5) is 4.39 Å². The van der Waals surface area contributed by atoms with E-state index in [0.29, 0.717) is 5.56 Å². The van der Waals surface area contributed by atoms with E-state index >= 15 is 0 Å². The molecule has 0 aliphatic heterocycles. The van der Waals surface area contributed by atoms with E-state index in [1.54, 1.807) is 30.3 Å². The van der Waals surface area contributed by atoms with E-state index in [0.717, 1.165) is 17.8 Å². The van der Waals surface area contributed by atoms with Crippen molar-refractivity contribution in [3.63, 3.8) is 0 Å². The van der Waals surface area contributed by atoms with Crippen LogP contribution in [0.5, 0.6) is 0 Å². The molecule has 0 spiro atoms. The van der Waals surface area contributed by atoms with Crippen LogP contribution in [0.15, 0.2) is 53.4 Å². The molecular formula is C17H15FN2O3S. The van der Waals surface area contributed by atoms with Crippen molar-refractivity contribution in [3.8, 4) is 0 Å². The summed E-state index contributed by atoms with van der Waals surface area (Å²) < 4.78 is 13.8. The van der Waals surface area contributed by atoms with Crippen molar-refractivity contribution in [1.29, 1.82) is 0 Å². The van der Waals surface area contributed by atoms with Gasteiger partial charge in [-0.05, 0) is 31.2 Å². The zero-order chi connectivity index (χ0) is 17.5. The second-order valence-corrected chi connectivity index (χ2v) is 5.88. The molecule has 2 rings (SSSR count). The molecule has 0 fully saturated rings. The van der Waals surface area contributed by atoms with E-state index in [2.05, 4.69) is 10.9 Å². The summed E-state index contributed by atoms with van der Waals surface area (Å²) in [6.45, 7) is 1.35. The van der Waals surface area contributed by atoms with Gasteiger partial charge in [0.15, 0.2) is 5.78 Å². The van der Waals surface area contributed by atoms with E-state index < -0.39 is 17.6 Å². The number of carbonyl (C=O) groups is 3. The van der Waals surface area contributed by atoms with Crippen molar-refractivity contribution in [2.24, 2.45) is 0 Å². The van der Waals surface area contributed by atoms with E-state index in [1.165, 1.54) is 19.1 Å². The van der Waals surface area contributed by atoms with E-state index in [9.17, 15) is 18.8 Å². The highest BCUT2D eigenvalue weighted by Gasteiger charge is 2.10. The van der Waals surface area contributed by atoms with Gasteiger partial charge in [-0.2, -0.15) is 0 Å². The third kappa shape index (κ3) is 4.92. The average molecular weight is 346 g/mol. The lowest BCUT2D eigenvalue weighted by molar-refractivity contribution is -0.119. The number of ketones is 1. The summed E-state index contributed by atoms with van der Waals surface area (Å²) in [7, 11) is 0. The molecule has 2 amide bonds. The maximum atomic E-state index is 13.8. The first kappa shape index (κ1) is 17.7. The van der Waals surface area contributed by atoms with E-state index in [4.69, 9.17) is 0 Å². The van der Waals surface area contributed by atoms with Gasteiger partial charge in [0.05, 0.1) is 5.75 Å². The lowest BCUT2D eigenvalue weighted by Gasteiger charge is -2.08. The highest BCUT2D eigenvalue weighted by atomic mass is 32.2. The molecule has 2 N–H and O–H groups in total. The third-order valence-electron chi connectivity index (χ3n) is 3.05. The topological polar surface area (TPSA) is 75.3 Å². The van der Waals surface area contributed by atoms with Crippen molar-refractivity contribution in [3.05, 3.63) is 65.5 Å². The minimum atomic E-state index is -0.561. The van der Waals surface area contributed by atoms with Gasteiger partial charge in [-0.3, -0.25) is 25.2 Å². The highest BCUT2D eigenvalue weighted by Crippen LogP contribution is 2.22. The monoisotopic (exact) mass is 346 g/mol. The van der Waals surface area contributed by atoms with Crippen molar-refractivity contribution < 1.29 is 18.8 Å². The zero-order valence-electron chi connectivity index (χ0n) is 12.8. The summed E-state index contributed by atoms with van der Waals surface area (Å²) in [6, 6.07) is 12.5. The SMILES string of the molecule is CC(=O)c1ccc(SCC(=O)NNC(=O)c2ccccc2)c(F)c1. The molecule has 0 radical (unpaired) electrons. The van der Waals surface area contributed by atoms with E-state index in [-0.39, 0.29) is 22.0 Å². The highest BCUT2D eigenvalue weighted by molar-refractivity contribution is 8.00. The van der Waals surface area contributed by atoms with Crippen LogP contribution in [0.25, 0.3) is 0 Å². The fourth-order valence-corrected chi connectivity index (χ4v) is 2.52. The summed E-state index contributed by atoms with van der Waals surface area (Å²) in [4.78, 5) is 34.9. The molecular weight excluding hydrogens is 331 g/mol. The normalized spacial score (nSPS) is 10.1. The van der Waals surface area contributed by atoms with Gasteiger partial charge in [-0.15, -0.1) is 11.8 Å². The predicted molar refractivity (Wildman–Crippen MR) is 89.2 cm³/mol. The van der Waals surface area contributed by atoms with Gasteiger partial charge in [0.25, 0.3) is 5.91 Å². The van der Waals surface area contributed by atoms with Crippen molar-refractivity contribution in [2.45, 2.75) is 11.8 Å². The van der Waals surface area contributed by atoms with Gasteiger partial charge in [-0.25, -0.2) is 4.39 Å². The number of nitrogens with one attached hydrogen (secondary N) is 2. The summed E-state index contributed by atoms with van der Waals surface area (Å²) in [5.74, 6) is -1.78. The Balaban J connectivity index is 1.83. The number of hydrogen-bond acceptors (Lipinski definition) is 4. The fourth-order valence-electron chi connectivity index (χ4n) is 1.80. The Hall–Kier alpha value is -2.67. The molecule has 0 aliphatic rings. The second kappa shape index (κ2) is 8.26. The minimum Gasteiger partial charge on any atom is -0.295 e. The Labute approximate surface area is 142 Å². The Morgan fingerprint density at radius 3 is 2.33 bits per heavy atom. The van der Waals surface area contributed by atoms with Gasteiger partial charge in [0.1, 0.15) is 5.82 Å². The van der Waals surface area contributed by atoms with Gasteiger partial charge in [0, 0.05) is 16.0 Å². The molecule has 0 saturated heterocycles. The number of rotatable bonds is 5. The van der Waals surface area contributed by atoms with Gasteiger partial charge < -0.3 is 0 Å². The smallest absolute Gasteiger partial charge is 0.269 e. The summed E-state index contributed by atoms with van der Waals surface area (Å²) >= 11 is 0.973. The summed E-state index contributed by atoms with van der Waals surface area (Å²) in [5.41, 5.74) is 5.24. The maximum absolute atomic E-state index is 13.8. The van der Waals surface area contributed by atoms with Crippen LogP contribution >= 0.6 is 11.8 Å². The molecule has 0 aliphatic carbocycles. The van der Waals surface area contributed by atoms with Crippen LogP contribution in [0.1, 0.15) is 27.6 Å². The number of thioether (sulfide) groups is 1. The van der Waals surface area contributed by atoms with Crippen LogP contribution in [0.2, 0.25) is 0 Å². The molecule has 24 heavy (non-hydrogen) atoms. The lowest BCUT2D eigenvalue weighted by Crippen LogP contribution is -2.42.